The lowest BCUT2D eigenvalue weighted by atomic mass is 9.95. The molecule has 18 heavy (non-hydrogen) atoms. The van der Waals surface area contributed by atoms with Crippen molar-refractivity contribution in [2.24, 2.45) is 5.92 Å². The molecule has 1 fully saturated rings. The van der Waals surface area contributed by atoms with Crippen LogP contribution in [0.4, 0.5) is 5.69 Å². The van der Waals surface area contributed by atoms with Crippen LogP contribution >= 0.6 is 15.9 Å². The van der Waals surface area contributed by atoms with Crippen molar-refractivity contribution < 1.29 is 0 Å². The summed E-state index contributed by atoms with van der Waals surface area (Å²) in [5.41, 5.74) is 1.25. The number of nitrogens with one attached hydrogen (secondary N) is 1. The van der Waals surface area contributed by atoms with Crippen LogP contribution in [0.1, 0.15) is 51.9 Å². The van der Waals surface area contributed by atoms with Gasteiger partial charge >= 0.3 is 0 Å². The maximum absolute atomic E-state index is 3.69. The summed E-state index contributed by atoms with van der Waals surface area (Å²) in [5, 5.41) is 3.69. The molecule has 1 nitrogen and oxygen atoms in total. The fourth-order valence-electron chi connectivity index (χ4n) is 3.03. The molecule has 0 aliphatic heterocycles. The molecule has 2 unspecified atom stereocenters. The number of halogens is 1. The first-order valence-corrected chi connectivity index (χ1v) is 8.09. The van der Waals surface area contributed by atoms with Crippen molar-refractivity contribution in [2.75, 3.05) is 5.32 Å². The summed E-state index contributed by atoms with van der Waals surface area (Å²) >= 11 is 3.53. The molecule has 0 aromatic heterocycles. The summed E-state index contributed by atoms with van der Waals surface area (Å²) in [5.74, 6) is 0.976. The zero-order valence-electron chi connectivity index (χ0n) is 11.3. The smallest absolute Gasteiger partial charge is 0.0353 e. The molecule has 0 spiro atoms. The highest BCUT2D eigenvalue weighted by atomic mass is 79.9. The topological polar surface area (TPSA) is 12.0 Å². The molecule has 1 N–H and O–H groups in total. The van der Waals surface area contributed by atoms with Crippen LogP contribution in [-0.4, -0.2) is 6.04 Å². The second-order valence-corrected chi connectivity index (χ2v) is 6.43. The Kier molecular flexibility index (Phi) is 5.55. The average Bonchev–Trinajstić information content (AvgIpc) is 2.56. The van der Waals surface area contributed by atoms with Gasteiger partial charge in [0.15, 0.2) is 0 Å². The predicted octanol–water partition coefficient (Wildman–Crippen LogP) is 5.61. The van der Waals surface area contributed by atoms with E-state index in [1.165, 1.54) is 50.6 Å². The lowest BCUT2D eigenvalue weighted by molar-refractivity contribution is 0.422. The van der Waals surface area contributed by atoms with E-state index in [1.807, 2.05) is 0 Å². The molecular weight excluding hydrogens is 286 g/mol. The van der Waals surface area contributed by atoms with E-state index in [0.717, 1.165) is 10.4 Å². The van der Waals surface area contributed by atoms with Gasteiger partial charge in [-0.3, -0.25) is 0 Å². The molecule has 2 rings (SSSR count). The second-order valence-electron chi connectivity index (χ2n) is 5.51. The molecule has 1 aromatic rings. The van der Waals surface area contributed by atoms with E-state index in [4.69, 9.17) is 0 Å². The van der Waals surface area contributed by atoms with E-state index >= 15 is 0 Å². The van der Waals surface area contributed by atoms with Crippen LogP contribution in [0.25, 0.3) is 0 Å². The summed E-state index contributed by atoms with van der Waals surface area (Å²) < 4.78 is 1.16. The highest BCUT2D eigenvalue weighted by molar-refractivity contribution is 9.10. The normalized spacial score (nSPS) is 24.6. The van der Waals surface area contributed by atoms with Crippen molar-refractivity contribution in [1.29, 1.82) is 0 Å². The van der Waals surface area contributed by atoms with Crippen LogP contribution in [-0.2, 0) is 0 Å². The fourth-order valence-corrected chi connectivity index (χ4v) is 3.43. The first-order valence-electron chi connectivity index (χ1n) is 7.30. The third-order valence-corrected chi connectivity index (χ3v) is 4.47. The van der Waals surface area contributed by atoms with Crippen LogP contribution in [0, 0.1) is 5.92 Å². The minimum atomic E-state index is 0.668. The summed E-state index contributed by atoms with van der Waals surface area (Å²) in [6, 6.07) is 9.19. The predicted molar refractivity (Wildman–Crippen MR) is 83.0 cm³/mol. The van der Waals surface area contributed by atoms with Gasteiger partial charge in [-0.05, 0) is 43.4 Å². The van der Waals surface area contributed by atoms with Crippen molar-refractivity contribution in [1.82, 2.24) is 0 Å². The van der Waals surface area contributed by atoms with E-state index in [9.17, 15) is 0 Å². The molecule has 1 saturated carbocycles. The molecule has 0 saturated heterocycles. The van der Waals surface area contributed by atoms with Crippen LogP contribution in [0.5, 0.6) is 0 Å². The third-order valence-electron chi connectivity index (χ3n) is 3.98. The van der Waals surface area contributed by atoms with Crippen LogP contribution < -0.4 is 5.32 Å². The SMILES string of the molecule is CCCC1CCCC(Nc2cccc(Br)c2)CC1. The van der Waals surface area contributed by atoms with E-state index in [1.54, 1.807) is 0 Å². The van der Waals surface area contributed by atoms with E-state index < -0.39 is 0 Å². The van der Waals surface area contributed by atoms with Crippen LogP contribution in [0.2, 0.25) is 0 Å². The average molecular weight is 310 g/mol. The Morgan fingerprint density at radius 2 is 2.11 bits per heavy atom. The number of benzene rings is 1. The molecule has 0 bridgehead atoms. The van der Waals surface area contributed by atoms with Gasteiger partial charge in [0.1, 0.15) is 0 Å². The Labute approximate surface area is 119 Å². The van der Waals surface area contributed by atoms with Crippen LogP contribution in [0.15, 0.2) is 28.7 Å². The van der Waals surface area contributed by atoms with Gasteiger partial charge in [0, 0.05) is 16.2 Å². The summed E-state index contributed by atoms with van der Waals surface area (Å²) in [6.07, 6.45) is 9.64. The van der Waals surface area contributed by atoms with Gasteiger partial charge < -0.3 is 5.32 Å². The molecule has 0 radical (unpaired) electrons. The molecule has 0 amide bonds. The Bertz CT molecular complexity index is 364. The van der Waals surface area contributed by atoms with E-state index in [-0.39, 0.29) is 0 Å². The number of anilines is 1. The number of rotatable bonds is 4. The van der Waals surface area contributed by atoms with Crippen molar-refractivity contribution >= 4 is 21.6 Å². The van der Waals surface area contributed by atoms with Crippen molar-refractivity contribution in [3.8, 4) is 0 Å². The number of hydrogen-bond donors (Lipinski definition) is 1. The molecule has 0 heterocycles. The molecule has 1 aliphatic carbocycles. The monoisotopic (exact) mass is 309 g/mol. The minimum Gasteiger partial charge on any atom is -0.382 e. The molecule has 1 aromatic carbocycles. The Morgan fingerprint density at radius 3 is 2.89 bits per heavy atom. The molecule has 2 heteroatoms. The second kappa shape index (κ2) is 7.18. The summed E-state index contributed by atoms with van der Waals surface area (Å²) in [7, 11) is 0. The standard InChI is InChI=1S/C16H24BrN/c1-2-5-13-6-3-8-15(11-10-13)18-16-9-4-7-14(17)12-16/h4,7,9,12-13,15,18H,2-3,5-6,8,10-11H2,1H3. The van der Waals surface area contributed by atoms with Crippen molar-refractivity contribution in [2.45, 2.75) is 57.9 Å². The summed E-state index contributed by atoms with van der Waals surface area (Å²) in [4.78, 5) is 0. The molecule has 100 valence electrons. The quantitative estimate of drug-likeness (QED) is 0.713. The van der Waals surface area contributed by atoms with Gasteiger partial charge in [-0.15, -0.1) is 0 Å². The zero-order chi connectivity index (χ0) is 12.8. The lowest BCUT2D eigenvalue weighted by Gasteiger charge is -2.18. The van der Waals surface area contributed by atoms with Gasteiger partial charge in [0.2, 0.25) is 0 Å². The van der Waals surface area contributed by atoms with Gasteiger partial charge in [-0.25, -0.2) is 0 Å². The number of hydrogen-bond acceptors (Lipinski definition) is 1. The highest BCUT2D eigenvalue weighted by Gasteiger charge is 2.18. The minimum absolute atomic E-state index is 0.668. The van der Waals surface area contributed by atoms with Gasteiger partial charge in [-0.1, -0.05) is 54.6 Å². The first-order chi connectivity index (χ1) is 8.78. The molecule has 2 atom stereocenters. The molecular formula is C16H24BrN. The summed E-state index contributed by atoms with van der Waals surface area (Å²) in [6.45, 7) is 2.31. The Morgan fingerprint density at radius 1 is 1.22 bits per heavy atom. The zero-order valence-corrected chi connectivity index (χ0v) is 12.9. The van der Waals surface area contributed by atoms with Crippen molar-refractivity contribution in [3.05, 3.63) is 28.7 Å². The van der Waals surface area contributed by atoms with Gasteiger partial charge in [-0.2, -0.15) is 0 Å². The highest BCUT2D eigenvalue weighted by Crippen LogP contribution is 2.28. The Balaban J connectivity index is 1.87. The maximum atomic E-state index is 3.69. The molecule has 1 aliphatic rings. The van der Waals surface area contributed by atoms with E-state index in [2.05, 4.69) is 52.4 Å². The van der Waals surface area contributed by atoms with Gasteiger partial charge in [0.05, 0.1) is 0 Å². The largest absolute Gasteiger partial charge is 0.382 e. The Hall–Kier alpha value is -0.500. The van der Waals surface area contributed by atoms with Crippen LogP contribution in [0.3, 0.4) is 0 Å². The maximum Gasteiger partial charge on any atom is 0.0353 e. The van der Waals surface area contributed by atoms with Crippen molar-refractivity contribution in [3.63, 3.8) is 0 Å². The fraction of sp³-hybridized carbons (Fsp3) is 0.625. The first kappa shape index (κ1) is 13.9. The van der Waals surface area contributed by atoms with Gasteiger partial charge in [0.25, 0.3) is 0 Å². The lowest BCUT2D eigenvalue weighted by Crippen LogP contribution is -2.18. The van der Waals surface area contributed by atoms with E-state index in [0.29, 0.717) is 6.04 Å². The third kappa shape index (κ3) is 4.31.